The maximum atomic E-state index is 13.4. The van der Waals surface area contributed by atoms with Gasteiger partial charge in [0.15, 0.2) is 5.65 Å². The summed E-state index contributed by atoms with van der Waals surface area (Å²) in [7, 11) is 0. The van der Waals surface area contributed by atoms with Gasteiger partial charge in [0.2, 0.25) is 5.91 Å². The van der Waals surface area contributed by atoms with Crippen molar-refractivity contribution in [3.63, 3.8) is 0 Å². The number of fused-ring (bicyclic) bond motifs is 2. The fourth-order valence-electron chi connectivity index (χ4n) is 4.71. The normalized spacial score (nSPS) is 13.1. The predicted molar refractivity (Wildman–Crippen MR) is 138 cm³/mol. The van der Waals surface area contributed by atoms with Gasteiger partial charge in [-0.1, -0.05) is 12.1 Å². The van der Waals surface area contributed by atoms with Crippen LogP contribution < -0.4 is 5.32 Å². The van der Waals surface area contributed by atoms with E-state index in [1.54, 1.807) is 23.0 Å². The molecule has 1 aliphatic rings. The molecule has 0 fully saturated rings. The van der Waals surface area contributed by atoms with Crippen molar-refractivity contribution in [3.8, 4) is 11.1 Å². The standard InChI is InChI=1S/C27H27FN4O3S/c1-15(2)35-27(34)24-20-6-4-5-7-21(20)36-26(24)30-22(33)14-32-25-23(16(3)31-32)19(12-13-29-25)17-8-10-18(28)11-9-17/h8-13,15H,4-7,14H2,1-3H3,(H,30,33). The Morgan fingerprint density at radius 1 is 1.17 bits per heavy atom. The van der Waals surface area contributed by atoms with Crippen LogP contribution in [0.25, 0.3) is 22.2 Å². The number of esters is 1. The van der Waals surface area contributed by atoms with Crippen molar-refractivity contribution in [1.82, 2.24) is 14.8 Å². The second-order valence-corrected chi connectivity index (χ2v) is 10.3. The third-order valence-corrected chi connectivity index (χ3v) is 7.43. The highest BCUT2D eigenvalue weighted by atomic mass is 32.1. The number of ether oxygens (including phenoxy) is 1. The van der Waals surface area contributed by atoms with E-state index in [4.69, 9.17) is 4.74 Å². The monoisotopic (exact) mass is 506 g/mol. The summed E-state index contributed by atoms with van der Waals surface area (Å²) in [6.07, 6.45) is 5.20. The van der Waals surface area contributed by atoms with Gasteiger partial charge in [-0.05, 0) is 81.3 Å². The molecule has 1 aliphatic carbocycles. The first-order valence-corrected chi connectivity index (χ1v) is 12.9. The number of thiophene rings is 1. The minimum Gasteiger partial charge on any atom is -0.459 e. The molecule has 0 unspecified atom stereocenters. The van der Waals surface area contributed by atoms with Crippen molar-refractivity contribution in [3.05, 3.63) is 64.0 Å². The number of nitrogens with zero attached hydrogens (tertiary/aromatic N) is 3. The molecule has 4 aromatic rings. The van der Waals surface area contributed by atoms with E-state index in [1.165, 1.54) is 23.5 Å². The van der Waals surface area contributed by atoms with Gasteiger partial charge in [0.25, 0.3) is 0 Å². The van der Waals surface area contributed by atoms with Crippen molar-refractivity contribution in [2.45, 2.75) is 59.1 Å². The zero-order valence-electron chi connectivity index (χ0n) is 20.4. The van der Waals surface area contributed by atoms with Crippen LogP contribution in [0.2, 0.25) is 0 Å². The van der Waals surface area contributed by atoms with Gasteiger partial charge in [0.1, 0.15) is 17.4 Å². The minimum absolute atomic E-state index is 0.0640. The van der Waals surface area contributed by atoms with E-state index in [9.17, 15) is 14.0 Å². The summed E-state index contributed by atoms with van der Waals surface area (Å²) in [4.78, 5) is 31.7. The Morgan fingerprint density at radius 3 is 2.67 bits per heavy atom. The molecule has 0 aliphatic heterocycles. The van der Waals surface area contributed by atoms with E-state index in [0.29, 0.717) is 16.2 Å². The number of aromatic nitrogens is 3. The van der Waals surface area contributed by atoms with E-state index in [0.717, 1.165) is 58.3 Å². The van der Waals surface area contributed by atoms with Crippen LogP contribution in [0, 0.1) is 12.7 Å². The lowest BCUT2D eigenvalue weighted by molar-refractivity contribution is -0.116. The van der Waals surface area contributed by atoms with Crippen molar-refractivity contribution >= 4 is 39.2 Å². The molecule has 0 bridgehead atoms. The number of anilines is 1. The third-order valence-electron chi connectivity index (χ3n) is 6.23. The molecule has 7 nitrogen and oxygen atoms in total. The number of pyridine rings is 1. The predicted octanol–water partition coefficient (Wildman–Crippen LogP) is 5.69. The van der Waals surface area contributed by atoms with Crippen molar-refractivity contribution in [2.75, 3.05) is 5.32 Å². The second-order valence-electron chi connectivity index (χ2n) is 9.22. The van der Waals surface area contributed by atoms with Gasteiger partial charge < -0.3 is 10.1 Å². The molecule has 5 rings (SSSR count). The summed E-state index contributed by atoms with van der Waals surface area (Å²) in [6, 6.07) is 8.11. The summed E-state index contributed by atoms with van der Waals surface area (Å²) in [5.74, 6) is -1.00. The van der Waals surface area contributed by atoms with Crippen LogP contribution in [0.15, 0.2) is 36.5 Å². The van der Waals surface area contributed by atoms with Crippen LogP contribution in [0.3, 0.4) is 0 Å². The highest BCUT2D eigenvalue weighted by molar-refractivity contribution is 7.17. The highest BCUT2D eigenvalue weighted by Gasteiger charge is 2.28. The zero-order valence-corrected chi connectivity index (χ0v) is 21.2. The molecular formula is C27H27FN4O3S. The topological polar surface area (TPSA) is 86.1 Å². The Kier molecular flexibility index (Phi) is 6.57. The molecule has 0 spiro atoms. The highest BCUT2D eigenvalue weighted by Crippen LogP contribution is 2.39. The van der Waals surface area contributed by atoms with Crippen molar-refractivity contribution < 1.29 is 18.7 Å². The summed E-state index contributed by atoms with van der Waals surface area (Å²) >= 11 is 1.46. The quantitative estimate of drug-likeness (QED) is 0.340. The van der Waals surface area contributed by atoms with E-state index in [2.05, 4.69) is 15.4 Å². The van der Waals surface area contributed by atoms with Gasteiger partial charge in [-0.2, -0.15) is 5.10 Å². The Balaban J connectivity index is 1.44. The van der Waals surface area contributed by atoms with Crippen molar-refractivity contribution in [2.24, 2.45) is 0 Å². The summed E-state index contributed by atoms with van der Waals surface area (Å²) in [6.45, 7) is 5.42. The lowest BCUT2D eigenvalue weighted by atomic mass is 9.95. The van der Waals surface area contributed by atoms with Gasteiger partial charge in [-0.15, -0.1) is 11.3 Å². The molecule has 0 radical (unpaired) electrons. The molecule has 0 atom stereocenters. The Labute approximate surface area is 212 Å². The molecule has 1 aromatic carbocycles. The number of rotatable bonds is 6. The maximum absolute atomic E-state index is 13.4. The number of carbonyl (C=O) groups is 2. The van der Waals surface area contributed by atoms with Crippen LogP contribution in [0.4, 0.5) is 9.39 Å². The first-order valence-electron chi connectivity index (χ1n) is 12.0. The first-order chi connectivity index (χ1) is 17.3. The zero-order chi connectivity index (χ0) is 25.4. The molecule has 0 saturated heterocycles. The average Bonchev–Trinajstić information content (AvgIpc) is 3.36. The van der Waals surface area contributed by atoms with Gasteiger partial charge in [-0.25, -0.2) is 18.9 Å². The van der Waals surface area contributed by atoms with E-state index >= 15 is 0 Å². The number of aryl methyl sites for hydroxylation is 2. The average molecular weight is 507 g/mol. The Hall–Kier alpha value is -3.59. The Bertz CT molecular complexity index is 1460. The molecule has 186 valence electrons. The number of benzene rings is 1. The molecule has 1 amide bonds. The lowest BCUT2D eigenvalue weighted by Crippen LogP contribution is -2.21. The molecule has 1 N–H and O–H groups in total. The summed E-state index contributed by atoms with van der Waals surface area (Å²) in [5.41, 5.74) is 4.47. The molecular weight excluding hydrogens is 479 g/mol. The molecule has 9 heteroatoms. The molecule has 3 heterocycles. The minimum atomic E-state index is -0.398. The fourth-order valence-corrected chi connectivity index (χ4v) is 6.00. The van der Waals surface area contributed by atoms with Crippen LogP contribution in [-0.4, -0.2) is 32.7 Å². The number of hydrogen-bond acceptors (Lipinski definition) is 6. The number of amides is 1. The van der Waals surface area contributed by atoms with Crippen molar-refractivity contribution in [1.29, 1.82) is 0 Å². The smallest absolute Gasteiger partial charge is 0.341 e. The Morgan fingerprint density at radius 2 is 1.92 bits per heavy atom. The van der Waals surface area contributed by atoms with Gasteiger partial charge in [-0.3, -0.25) is 4.79 Å². The van der Waals surface area contributed by atoms with E-state index in [1.807, 2.05) is 26.8 Å². The van der Waals surface area contributed by atoms with E-state index < -0.39 is 5.97 Å². The maximum Gasteiger partial charge on any atom is 0.341 e. The number of halogens is 1. The van der Waals surface area contributed by atoms with Crippen LogP contribution in [-0.2, 0) is 28.9 Å². The fraction of sp³-hybridized carbons (Fsp3) is 0.333. The van der Waals surface area contributed by atoms with Gasteiger partial charge in [0, 0.05) is 16.5 Å². The molecule has 3 aromatic heterocycles. The van der Waals surface area contributed by atoms with Gasteiger partial charge >= 0.3 is 5.97 Å². The SMILES string of the molecule is Cc1nn(CC(=O)Nc2sc3c(c2C(=O)OC(C)C)CCCC3)c2nccc(-c3ccc(F)cc3)c12. The summed E-state index contributed by atoms with van der Waals surface area (Å²) in [5, 5.41) is 8.86. The molecule has 0 saturated carbocycles. The van der Waals surface area contributed by atoms with E-state index in [-0.39, 0.29) is 24.4 Å². The largest absolute Gasteiger partial charge is 0.459 e. The third kappa shape index (κ3) is 4.63. The van der Waals surface area contributed by atoms with Crippen LogP contribution in [0.1, 0.15) is 53.2 Å². The second kappa shape index (κ2) is 9.81. The molecule has 36 heavy (non-hydrogen) atoms. The first kappa shape index (κ1) is 24.1. The number of carbonyl (C=O) groups excluding carboxylic acids is 2. The van der Waals surface area contributed by atoms with Crippen LogP contribution in [0.5, 0.6) is 0 Å². The van der Waals surface area contributed by atoms with Crippen LogP contribution >= 0.6 is 11.3 Å². The van der Waals surface area contributed by atoms with Gasteiger partial charge in [0.05, 0.1) is 17.4 Å². The lowest BCUT2D eigenvalue weighted by Gasteiger charge is -2.14. The number of nitrogens with one attached hydrogen (secondary N) is 1. The summed E-state index contributed by atoms with van der Waals surface area (Å²) < 4.78 is 20.5. The number of hydrogen-bond donors (Lipinski definition) is 1.